The summed E-state index contributed by atoms with van der Waals surface area (Å²) in [6.07, 6.45) is 0. The Balaban J connectivity index is 2.20. The molecule has 1 aliphatic heterocycles. The molecule has 0 aliphatic carbocycles. The number of quaternary nitrogens is 1. The Hall–Kier alpha value is -3.32. The Labute approximate surface area is 176 Å². The first-order valence-electron chi connectivity index (χ1n) is 9.73. The van der Waals surface area contributed by atoms with E-state index in [2.05, 4.69) is 0 Å². The maximum absolute atomic E-state index is 13.0. The van der Waals surface area contributed by atoms with Crippen molar-refractivity contribution < 1.29 is 29.1 Å². The lowest BCUT2D eigenvalue weighted by Gasteiger charge is -2.27. The number of carbonyl (C=O) groups excluding carboxylic acids is 2. The van der Waals surface area contributed by atoms with Crippen LogP contribution >= 0.6 is 0 Å². The van der Waals surface area contributed by atoms with Crippen LogP contribution in [0.15, 0.2) is 54.1 Å². The summed E-state index contributed by atoms with van der Waals surface area (Å²) in [5.41, 5.74) is 1.15. The molecular formula is C23H27N2O5+. The number of aliphatic hydroxyl groups excluding tert-OH is 1. The van der Waals surface area contributed by atoms with E-state index >= 15 is 0 Å². The molecule has 2 aromatic rings. The standard InChI is InChI=1S/C23H26N2O5/c1-24(2)12-13-25-20(17-11-10-16(29-3)14-18(17)30-4)19(22(27)23(25)28)21(26)15-8-6-5-7-9-15/h5-11,14,20,26H,12-13H2,1-4H3/p+1/b21-19+/t20-/m1/s1. The number of methoxy groups -OCH3 is 2. The minimum Gasteiger partial charge on any atom is -0.507 e. The van der Waals surface area contributed by atoms with Crippen LogP contribution in [0, 0.1) is 0 Å². The third kappa shape index (κ3) is 4.02. The molecule has 0 aromatic heterocycles. The highest BCUT2D eigenvalue weighted by molar-refractivity contribution is 6.46. The van der Waals surface area contributed by atoms with Crippen molar-refractivity contribution in [3.8, 4) is 11.5 Å². The molecular weight excluding hydrogens is 384 g/mol. The molecule has 30 heavy (non-hydrogen) atoms. The summed E-state index contributed by atoms with van der Waals surface area (Å²) < 4.78 is 10.8. The molecule has 0 saturated carbocycles. The summed E-state index contributed by atoms with van der Waals surface area (Å²) in [5.74, 6) is -0.461. The Morgan fingerprint density at radius 3 is 2.37 bits per heavy atom. The van der Waals surface area contributed by atoms with Gasteiger partial charge in [0, 0.05) is 17.2 Å². The van der Waals surface area contributed by atoms with Crippen LogP contribution in [0.3, 0.4) is 0 Å². The molecule has 7 nitrogen and oxygen atoms in total. The zero-order chi connectivity index (χ0) is 21.8. The minimum absolute atomic E-state index is 0.0587. The van der Waals surface area contributed by atoms with E-state index in [1.807, 2.05) is 20.2 Å². The Kier molecular flexibility index (Phi) is 6.42. The summed E-state index contributed by atoms with van der Waals surface area (Å²) in [6.45, 7) is 1.01. The maximum Gasteiger partial charge on any atom is 0.295 e. The van der Waals surface area contributed by atoms with Gasteiger partial charge in [0.2, 0.25) is 0 Å². The van der Waals surface area contributed by atoms with E-state index < -0.39 is 17.7 Å². The normalized spacial score (nSPS) is 18.2. The van der Waals surface area contributed by atoms with Crippen molar-refractivity contribution in [3.63, 3.8) is 0 Å². The summed E-state index contributed by atoms with van der Waals surface area (Å²) in [7, 11) is 7.02. The van der Waals surface area contributed by atoms with E-state index in [0.717, 1.165) is 4.90 Å². The SMILES string of the molecule is COc1ccc([C@@H]2/C(=C(\O)c3ccccc3)C(=O)C(=O)N2CC[NH+](C)C)c(OC)c1. The molecule has 1 amide bonds. The fourth-order valence-corrected chi connectivity index (χ4v) is 3.57. The zero-order valence-electron chi connectivity index (χ0n) is 17.6. The zero-order valence-corrected chi connectivity index (χ0v) is 17.6. The molecule has 2 N–H and O–H groups in total. The molecule has 1 fully saturated rings. The van der Waals surface area contributed by atoms with Gasteiger partial charge in [0.25, 0.3) is 11.7 Å². The molecule has 1 heterocycles. The lowest BCUT2D eigenvalue weighted by molar-refractivity contribution is -0.857. The number of likely N-dealkylation sites (tertiary alicyclic amines) is 1. The molecule has 3 rings (SSSR count). The molecule has 2 aromatic carbocycles. The van der Waals surface area contributed by atoms with Crippen LogP contribution in [0.5, 0.6) is 11.5 Å². The number of benzene rings is 2. The topological polar surface area (TPSA) is 80.5 Å². The Morgan fingerprint density at radius 1 is 1.07 bits per heavy atom. The fraction of sp³-hybridized carbons (Fsp3) is 0.304. The average Bonchev–Trinajstić information content (AvgIpc) is 3.01. The molecule has 1 atom stereocenters. The van der Waals surface area contributed by atoms with E-state index in [1.54, 1.807) is 49.6 Å². The van der Waals surface area contributed by atoms with Crippen molar-refractivity contribution in [1.82, 2.24) is 4.90 Å². The highest BCUT2D eigenvalue weighted by Crippen LogP contribution is 2.43. The average molecular weight is 411 g/mol. The van der Waals surface area contributed by atoms with Crippen LogP contribution in [0.2, 0.25) is 0 Å². The number of rotatable bonds is 7. The van der Waals surface area contributed by atoms with Gasteiger partial charge in [-0.15, -0.1) is 0 Å². The first-order chi connectivity index (χ1) is 14.4. The maximum atomic E-state index is 13.0. The van der Waals surface area contributed by atoms with Gasteiger partial charge in [-0.2, -0.15) is 0 Å². The van der Waals surface area contributed by atoms with Crippen molar-refractivity contribution >= 4 is 17.4 Å². The van der Waals surface area contributed by atoms with E-state index in [1.165, 1.54) is 12.0 Å². The number of likely N-dealkylation sites (N-methyl/N-ethyl adjacent to an activating group) is 1. The van der Waals surface area contributed by atoms with Gasteiger partial charge in [-0.1, -0.05) is 30.3 Å². The predicted molar refractivity (Wildman–Crippen MR) is 113 cm³/mol. The molecule has 1 aliphatic rings. The van der Waals surface area contributed by atoms with E-state index in [4.69, 9.17) is 9.47 Å². The van der Waals surface area contributed by atoms with Crippen molar-refractivity contribution in [3.05, 3.63) is 65.2 Å². The number of Topliss-reactive ketones (excluding diaryl/α,β-unsaturated/α-hetero) is 1. The Bertz CT molecular complexity index is 969. The van der Waals surface area contributed by atoms with Gasteiger partial charge >= 0.3 is 0 Å². The highest BCUT2D eigenvalue weighted by Gasteiger charge is 2.47. The van der Waals surface area contributed by atoms with Crippen molar-refractivity contribution in [2.24, 2.45) is 0 Å². The smallest absolute Gasteiger partial charge is 0.295 e. The quantitative estimate of drug-likeness (QED) is 0.408. The van der Waals surface area contributed by atoms with Gasteiger partial charge in [0.05, 0.1) is 53.0 Å². The molecule has 7 heteroatoms. The number of amides is 1. The van der Waals surface area contributed by atoms with Crippen molar-refractivity contribution in [2.75, 3.05) is 41.4 Å². The van der Waals surface area contributed by atoms with Crippen LogP contribution in [-0.2, 0) is 9.59 Å². The number of ether oxygens (including phenoxy) is 2. The summed E-state index contributed by atoms with van der Waals surface area (Å²) in [6, 6.07) is 13.2. The van der Waals surface area contributed by atoms with Crippen LogP contribution in [-0.4, -0.2) is 63.1 Å². The number of nitrogens with zero attached hydrogens (tertiary/aromatic N) is 1. The number of aliphatic hydroxyl groups is 1. The lowest BCUT2D eigenvalue weighted by Crippen LogP contribution is -3.06. The molecule has 0 spiro atoms. The first kappa shape index (κ1) is 21.4. The van der Waals surface area contributed by atoms with Gasteiger partial charge < -0.3 is 24.4 Å². The number of ketones is 1. The lowest BCUT2D eigenvalue weighted by atomic mass is 9.94. The second kappa shape index (κ2) is 9.00. The highest BCUT2D eigenvalue weighted by atomic mass is 16.5. The number of nitrogens with one attached hydrogen (secondary N) is 1. The van der Waals surface area contributed by atoms with Crippen LogP contribution in [0.1, 0.15) is 17.2 Å². The molecule has 0 unspecified atom stereocenters. The van der Waals surface area contributed by atoms with Gasteiger partial charge in [0.15, 0.2) is 0 Å². The van der Waals surface area contributed by atoms with Crippen LogP contribution in [0.25, 0.3) is 5.76 Å². The number of hydrogen-bond donors (Lipinski definition) is 2. The van der Waals surface area contributed by atoms with Crippen molar-refractivity contribution in [1.29, 1.82) is 0 Å². The number of hydrogen-bond acceptors (Lipinski definition) is 5. The van der Waals surface area contributed by atoms with Gasteiger partial charge in [-0.05, 0) is 12.1 Å². The first-order valence-corrected chi connectivity index (χ1v) is 9.73. The second-order valence-electron chi connectivity index (χ2n) is 7.42. The molecule has 0 radical (unpaired) electrons. The third-order valence-corrected chi connectivity index (χ3v) is 5.18. The van der Waals surface area contributed by atoms with Gasteiger partial charge in [-0.3, -0.25) is 9.59 Å². The van der Waals surface area contributed by atoms with E-state index in [9.17, 15) is 14.7 Å². The molecule has 0 bridgehead atoms. The molecule has 158 valence electrons. The number of carbonyl (C=O) groups is 2. The Morgan fingerprint density at radius 2 is 1.77 bits per heavy atom. The summed E-state index contributed by atoms with van der Waals surface area (Å²) in [5, 5.41) is 11.0. The second-order valence-corrected chi connectivity index (χ2v) is 7.42. The van der Waals surface area contributed by atoms with Gasteiger partial charge in [0.1, 0.15) is 17.3 Å². The summed E-state index contributed by atoms with van der Waals surface area (Å²) >= 11 is 0. The van der Waals surface area contributed by atoms with E-state index in [0.29, 0.717) is 35.7 Å². The van der Waals surface area contributed by atoms with Crippen molar-refractivity contribution in [2.45, 2.75) is 6.04 Å². The van der Waals surface area contributed by atoms with Gasteiger partial charge in [-0.25, -0.2) is 0 Å². The molecule has 1 saturated heterocycles. The predicted octanol–water partition coefficient (Wildman–Crippen LogP) is 1.27. The summed E-state index contributed by atoms with van der Waals surface area (Å²) in [4.78, 5) is 28.6. The monoisotopic (exact) mass is 411 g/mol. The minimum atomic E-state index is -0.759. The largest absolute Gasteiger partial charge is 0.507 e. The fourth-order valence-electron chi connectivity index (χ4n) is 3.57. The van der Waals surface area contributed by atoms with E-state index in [-0.39, 0.29) is 11.3 Å². The third-order valence-electron chi connectivity index (χ3n) is 5.18. The van der Waals surface area contributed by atoms with Crippen LogP contribution < -0.4 is 14.4 Å². The van der Waals surface area contributed by atoms with Crippen LogP contribution in [0.4, 0.5) is 0 Å².